The summed E-state index contributed by atoms with van der Waals surface area (Å²) in [6.07, 6.45) is 4.38. The third kappa shape index (κ3) is 2.70. The molecule has 0 unspecified atom stereocenters. The molecule has 1 N–H and O–H groups in total. The molecule has 7 nitrogen and oxygen atoms in total. The van der Waals surface area contributed by atoms with Crippen LogP contribution in [0.4, 0.5) is 0 Å². The second kappa shape index (κ2) is 5.31. The third-order valence-electron chi connectivity index (χ3n) is 3.05. The summed E-state index contributed by atoms with van der Waals surface area (Å²) in [7, 11) is 1.54. The Labute approximate surface area is 111 Å². The molecule has 2 heterocycles. The summed E-state index contributed by atoms with van der Waals surface area (Å²) in [5.74, 6) is -0.490. The van der Waals surface area contributed by atoms with Gasteiger partial charge in [-0.3, -0.25) is 14.6 Å². The van der Waals surface area contributed by atoms with Crippen LogP contribution in [0.1, 0.15) is 17.4 Å². The Kier molecular flexibility index (Phi) is 3.75. The Morgan fingerprint density at radius 1 is 1.47 bits per heavy atom. The van der Waals surface area contributed by atoms with Gasteiger partial charge in [-0.1, -0.05) is 0 Å². The summed E-state index contributed by atoms with van der Waals surface area (Å²) in [5.41, 5.74) is -0.756. The maximum atomic E-state index is 12.2. The van der Waals surface area contributed by atoms with Crippen LogP contribution < -0.4 is 5.32 Å². The molecule has 1 fully saturated rings. The van der Waals surface area contributed by atoms with E-state index in [9.17, 15) is 9.59 Å². The minimum atomic E-state index is -1.02. The molecular formula is C12H16N4O3. The highest BCUT2D eigenvalue weighted by molar-refractivity contribution is 5.93. The van der Waals surface area contributed by atoms with Gasteiger partial charge in [-0.15, -0.1) is 0 Å². The highest BCUT2D eigenvalue weighted by Gasteiger charge is 2.40. The second-order valence-corrected chi connectivity index (χ2v) is 4.48. The van der Waals surface area contributed by atoms with E-state index >= 15 is 0 Å². The monoisotopic (exact) mass is 264 g/mol. The number of aromatic nitrogens is 2. The molecule has 102 valence electrons. The zero-order valence-electron chi connectivity index (χ0n) is 10.9. The van der Waals surface area contributed by atoms with Gasteiger partial charge in [-0.25, -0.2) is 4.98 Å². The minimum Gasteiger partial charge on any atom is -0.362 e. The molecule has 1 aliphatic heterocycles. The van der Waals surface area contributed by atoms with Crippen molar-refractivity contribution in [1.82, 2.24) is 20.2 Å². The van der Waals surface area contributed by atoms with Crippen molar-refractivity contribution in [2.75, 3.05) is 26.7 Å². The van der Waals surface area contributed by atoms with E-state index in [0.717, 1.165) is 0 Å². The van der Waals surface area contributed by atoms with Crippen molar-refractivity contribution in [2.45, 2.75) is 12.5 Å². The molecule has 0 bridgehead atoms. The SMILES string of the molecule is CNC(=O)[C@@]1(C)CN(C(=O)c2cnccn2)CCO1. The van der Waals surface area contributed by atoms with Crippen molar-refractivity contribution in [3.05, 3.63) is 24.3 Å². The lowest BCUT2D eigenvalue weighted by Crippen LogP contribution is -2.58. The number of nitrogens with zero attached hydrogens (tertiary/aromatic N) is 3. The number of carbonyl (C=O) groups is 2. The number of morpholine rings is 1. The number of rotatable bonds is 2. The van der Waals surface area contributed by atoms with E-state index in [-0.39, 0.29) is 24.1 Å². The van der Waals surface area contributed by atoms with Crippen LogP contribution in [-0.4, -0.2) is 59.0 Å². The highest BCUT2D eigenvalue weighted by Crippen LogP contribution is 2.19. The number of hydrogen-bond acceptors (Lipinski definition) is 5. The van der Waals surface area contributed by atoms with Gasteiger partial charge in [-0.2, -0.15) is 0 Å². The van der Waals surface area contributed by atoms with Crippen LogP contribution in [0.2, 0.25) is 0 Å². The second-order valence-electron chi connectivity index (χ2n) is 4.48. The van der Waals surface area contributed by atoms with E-state index < -0.39 is 5.60 Å². The molecule has 1 atom stereocenters. The van der Waals surface area contributed by atoms with Crippen molar-refractivity contribution in [1.29, 1.82) is 0 Å². The Hall–Kier alpha value is -2.02. The van der Waals surface area contributed by atoms with Crippen molar-refractivity contribution in [3.63, 3.8) is 0 Å². The van der Waals surface area contributed by atoms with Gasteiger partial charge in [0.05, 0.1) is 19.3 Å². The zero-order valence-corrected chi connectivity index (χ0v) is 10.9. The predicted octanol–water partition coefficient (Wildman–Crippen LogP) is -0.546. The lowest BCUT2D eigenvalue weighted by atomic mass is 10.0. The Morgan fingerprint density at radius 2 is 2.26 bits per heavy atom. The van der Waals surface area contributed by atoms with Gasteiger partial charge in [0.25, 0.3) is 11.8 Å². The highest BCUT2D eigenvalue weighted by atomic mass is 16.5. The summed E-state index contributed by atoms with van der Waals surface area (Å²) in [6.45, 7) is 2.61. The fraction of sp³-hybridized carbons (Fsp3) is 0.500. The van der Waals surface area contributed by atoms with Crippen molar-refractivity contribution in [3.8, 4) is 0 Å². The maximum Gasteiger partial charge on any atom is 0.274 e. The van der Waals surface area contributed by atoms with Gasteiger partial charge in [0.1, 0.15) is 5.69 Å². The number of nitrogens with one attached hydrogen (secondary N) is 1. The summed E-state index contributed by atoms with van der Waals surface area (Å²) in [4.78, 5) is 33.4. The molecule has 0 saturated carbocycles. The number of ether oxygens (including phenoxy) is 1. The van der Waals surface area contributed by atoms with Crippen LogP contribution >= 0.6 is 0 Å². The first-order valence-electron chi connectivity index (χ1n) is 5.98. The molecule has 2 rings (SSSR count). The van der Waals surface area contributed by atoms with E-state index in [1.54, 1.807) is 18.9 Å². The summed E-state index contributed by atoms with van der Waals surface area (Å²) < 4.78 is 5.49. The Morgan fingerprint density at radius 3 is 2.89 bits per heavy atom. The lowest BCUT2D eigenvalue weighted by molar-refractivity contribution is -0.153. The molecule has 7 heteroatoms. The van der Waals surface area contributed by atoms with Crippen LogP contribution in [0.5, 0.6) is 0 Å². The van der Waals surface area contributed by atoms with Crippen molar-refractivity contribution in [2.24, 2.45) is 0 Å². The molecule has 1 aliphatic rings. The van der Waals surface area contributed by atoms with Gasteiger partial charge >= 0.3 is 0 Å². The van der Waals surface area contributed by atoms with Crippen molar-refractivity contribution < 1.29 is 14.3 Å². The van der Waals surface area contributed by atoms with Crippen molar-refractivity contribution >= 4 is 11.8 Å². The van der Waals surface area contributed by atoms with Gasteiger partial charge < -0.3 is 15.0 Å². The largest absolute Gasteiger partial charge is 0.362 e. The van der Waals surface area contributed by atoms with Crippen LogP contribution in [0.25, 0.3) is 0 Å². The number of hydrogen-bond donors (Lipinski definition) is 1. The maximum absolute atomic E-state index is 12.2. The van der Waals surface area contributed by atoms with E-state index in [1.165, 1.54) is 18.6 Å². The van der Waals surface area contributed by atoms with Gasteiger partial charge in [0, 0.05) is 26.0 Å². The predicted molar refractivity (Wildman–Crippen MR) is 66.4 cm³/mol. The molecule has 0 radical (unpaired) electrons. The smallest absolute Gasteiger partial charge is 0.274 e. The minimum absolute atomic E-state index is 0.197. The Bertz CT molecular complexity index is 479. The molecule has 0 spiro atoms. The number of amides is 2. The van der Waals surface area contributed by atoms with Crippen LogP contribution in [-0.2, 0) is 9.53 Å². The lowest BCUT2D eigenvalue weighted by Gasteiger charge is -2.38. The average molecular weight is 264 g/mol. The van der Waals surface area contributed by atoms with Gasteiger partial charge in [0.2, 0.25) is 0 Å². The number of carbonyl (C=O) groups excluding carboxylic acids is 2. The molecule has 0 aromatic carbocycles. The van der Waals surface area contributed by atoms with Crippen LogP contribution in [0, 0.1) is 0 Å². The molecule has 19 heavy (non-hydrogen) atoms. The summed E-state index contributed by atoms with van der Waals surface area (Å²) >= 11 is 0. The molecule has 2 amide bonds. The zero-order chi connectivity index (χ0) is 13.9. The van der Waals surface area contributed by atoms with Gasteiger partial charge in [0.15, 0.2) is 5.60 Å². The normalized spacial score (nSPS) is 22.9. The van der Waals surface area contributed by atoms with Crippen LogP contribution in [0.15, 0.2) is 18.6 Å². The third-order valence-corrected chi connectivity index (χ3v) is 3.05. The Balaban J connectivity index is 2.14. The quantitative estimate of drug-likeness (QED) is 0.775. The molecular weight excluding hydrogens is 248 g/mol. The van der Waals surface area contributed by atoms with E-state index in [4.69, 9.17) is 4.74 Å². The topological polar surface area (TPSA) is 84.4 Å². The molecule has 1 aromatic rings. The first-order valence-corrected chi connectivity index (χ1v) is 5.98. The first kappa shape index (κ1) is 13.4. The fourth-order valence-corrected chi connectivity index (χ4v) is 2.02. The fourth-order valence-electron chi connectivity index (χ4n) is 2.02. The molecule has 1 saturated heterocycles. The standard InChI is InChI=1S/C12H16N4O3/c1-12(11(18)13-2)8-16(5-6-19-12)10(17)9-7-14-3-4-15-9/h3-4,7H,5-6,8H2,1-2H3,(H,13,18)/t12-/m1/s1. The average Bonchev–Trinajstić information content (AvgIpc) is 2.46. The van der Waals surface area contributed by atoms with Gasteiger partial charge in [-0.05, 0) is 6.92 Å². The van der Waals surface area contributed by atoms with Crippen LogP contribution in [0.3, 0.4) is 0 Å². The van der Waals surface area contributed by atoms with E-state index in [0.29, 0.717) is 13.2 Å². The summed E-state index contributed by atoms with van der Waals surface area (Å²) in [6, 6.07) is 0. The van der Waals surface area contributed by atoms with E-state index in [1.807, 2.05) is 0 Å². The first-order chi connectivity index (χ1) is 9.07. The molecule has 0 aliphatic carbocycles. The number of likely N-dealkylation sites (N-methyl/N-ethyl adjacent to an activating group) is 1. The summed E-state index contributed by atoms with van der Waals surface area (Å²) in [5, 5.41) is 2.54. The molecule has 1 aromatic heterocycles. The van der Waals surface area contributed by atoms with E-state index in [2.05, 4.69) is 15.3 Å².